The lowest BCUT2D eigenvalue weighted by molar-refractivity contribution is -0.122. The number of amides is 2. The van der Waals surface area contributed by atoms with E-state index in [-0.39, 0.29) is 18.4 Å². The third-order valence-corrected chi connectivity index (χ3v) is 4.18. The van der Waals surface area contributed by atoms with Gasteiger partial charge in [-0.1, -0.05) is 23.8 Å². The Bertz CT molecular complexity index is 800. The quantitative estimate of drug-likeness (QED) is 0.873. The Morgan fingerprint density at radius 3 is 3.00 bits per heavy atom. The van der Waals surface area contributed by atoms with Crippen LogP contribution in [0.1, 0.15) is 23.1 Å². The van der Waals surface area contributed by atoms with Gasteiger partial charge in [-0.25, -0.2) is 0 Å². The number of hydrogen-bond acceptors (Lipinski definition) is 3. The summed E-state index contributed by atoms with van der Waals surface area (Å²) < 4.78 is 0. The second kappa shape index (κ2) is 7.75. The van der Waals surface area contributed by atoms with Crippen molar-refractivity contribution in [3.8, 4) is 0 Å². The molecule has 0 saturated carbocycles. The Labute approximate surface area is 147 Å². The summed E-state index contributed by atoms with van der Waals surface area (Å²) in [6.45, 7) is 2.73. The highest BCUT2D eigenvalue weighted by molar-refractivity contribution is 6.00. The zero-order valence-electron chi connectivity index (χ0n) is 14.2. The highest BCUT2D eigenvalue weighted by Crippen LogP contribution is 2.27. The molecule has 0 unspecified atom stereocenters. The average Bonchev–Trinajstić information content (AvgIpc) is 2.64. The lowest BCUT2D eigenvalue weighted by Gasteiger charge is -2.29. The molecule has 1 aromatic carbocycles. The second-order valence-electron chi connectivity index (χ2n) is 6.12. The molecule has 1 aromatic heterocycles. The molecular formula is C20H21N3O2. The van der Waals surface area contributed by atoms with E-state index in [1.807, 2.05) is 18.2 Å². The number of nitrogens with one attached hydrogen (secondary N) is 1. The molecule has 2 aromatic rings. The molecule has 0 spiro atoms. The Balaban J connectivity index is 1.58. The number of fused-ring (bicyclic) bond motifs is 1. The van der Waals surface area contributed by atoms with Gasteiger partial charge in [0.1, 0.15) is 0 Å². The summed E-state index contributed by atoms with van der Waals surface area (Å²) in [6, 6.07) is 9.79. The number of carbonyl (C=O) groups is 2. The van der Waals surface area contributed by atoms with Crippen molar-refractivity contribution in [1.29, 1.82) is 0 Å². The van der Waals surface area contributed by atoms with Crippen molar-refractivity contribution in [3.05, 3.63) is 65.5 Å². The molecule has 0 atom stereocenters. The molecule has 2 amide bonds. The molecule has 0 saturated heterocycles. The van der Waals surface area contributed by atoms with Crippen molar-refractivity contribution in [2.45, 2.75) is 19.8 Å². The number of benzene rings is 1. The lowest BCUT2D eigenvalue weighted by Crippen LogP contribution is -2.42. The largest absolute Gasteiger partial charge is 0.343 e. The minimum Gasteiger partial charge on any atom is -0.343 e. The Hall–Kier alpha value is -2.95. The topological polar surface area (TPSA) is 62.3 Å². The van der Waals surface area contributed by atoms with Gasteiger partial charge in [0, 0.05) is 30.7 Å². The number of rotatable bonds is 4. The SMILES string of the molecule is Cc1ccc2c(c1)CCCN2C(=O)CNC(=O)/C=C/c1cccnc1. The first-order chi connectivity index (χ1) is 12.1. The highest BCUT2D eigenvalue weighted by atomic mass is 16.2. The molecule has 1 aliphatic rings. The minimum absolute atomic E-state index is 0.0104. The number of aromatic nitrogens is 1. The summed E-state index contributed by atoms with van der Waals surface area (Å²) >= 11 is 0. The smallest absolute Gasteiger partial charge is 0.246 e. The first-order valence-electron chi connectivity index (χ1n) is 8.39. The maximum absolute atomic E-state index is 12.5. The van der Waals surface area contributed by atoms with Gasteiger partial charge in [-0.2, -0.15) is 0 Å². The Morgan fingerprint density at radius 1 is 1.32 bits per heavy atom. The van der Waals surface area contributed by atoms with Crippen molar-refractivity contribution >= 4 is 23.6 Å². The maximum Gasteiger partial charge on any atom is 0.246 e. The van der Waals surface area contributed by atoms with Crippen LogP contribution in [0.25, 0.3) is 6.08 Å². The highest BCUT2D eigenvalue weighted by Gasteiger charge is 2.22. The van der Waals surface area contributed by atoms with Crippen LogP contribution in [0, 0.1) is 6.92 Å². The fraction of sp³-hybridized carbons (Fsp3) is 0.250. The van der Waals surface area contributed by atoms with Gasteiger partial charge in [-0.05, 0) is 49.1 Å². The summed E-state index contributed by atoms with van der Waals surface area (Å²) in [6.07, 6.45) is 8.36. The fourth-order valence-electron chi connectivity index (χ4n) is 2.95. The van der Waals surface area contributed by atoms with E-state index >= 15 is 0 Å². The van der Waals surface area contributed by atoms with Gasteiger partial charge in [0.05, 0.1) is 6.54 Å². The van der Waals surface area contributed by atoms with Gasteiger partial charge in [0.15, 0.2) is 0 Å². The van der Waals surface area contributed by atoms with Crippen molar-refractivity contribution in [2.75, 3.05) is 18.0 Å². The number of aryl methyl sites for hydroxylation is 2. The molecule has 3 rings (SSSR count). The van der Waals surface area contributed by atoms with Crippen LogP contribution in [0.3, 0.4) is 0 Å². The predicted molar refractivity (Wildman–Crippen MR) is 98.1 cm³/mol. The van der Waals surface area contributed by atoms with Crippen molar-refractivity contribution in [1.82, 2.24) is 10.3 Å². The molecule has 0 aliphatic carbocycles. The molecule has 0 radical (unpaired) electrons. The van der Waals surface area contributed by atoms with E-state index in [1.54, 1.807) is 29.4 Å². The summed E-state index contributed by atoms with van der Waals surface area (Å²) in [4.78, 5) is 30.2. The van der Waals surface area contributed by atoms with E-state index in [1.165, 1.54) is 17.2 Å². The molecule has 1 N–H and O–H groups in total. The molecule has 128 valence electrons. The molecule has 2 heterocycles. The second-order valence-corrected chi connectivity index (χ2v) is 6.12. The lowest BCUT2D eigenvalue weighted by atomic mass is 9.99. The third-order valence-electron chi connectivity index (χ3n) is 4.18. The molecule has 0 fully saturated rings. The maximum atomic E-state index is 12.5. The van der Waals surface area contributed by atoms with Crippen LogP contribution in [0.15, 0.2) is 48.8 Å². The zero-order valence-corrected chi connectivity index (χ0v) is 14.2. The van der Waals surface area contributed by atoms with Crippen LogP contribution in [-0.4, -0.2) is 29.9 Å². The average molecular weight is 335 g/mol. The number of pyridine rings is 1. The summed E-state index contributed by atoms with van der Waals surface area (Å²) in [5.41, 5.74) is 4.19. The van der Waals surface area contributed by atoms with Crippen LogP contribution in [0.5, 0.6) is 0 Å². The summed E-state index contributed by atoms with van der Waals surface area (Å²) in [5.74, 6) is -0.383. The van der Waals surface area contributed by atoms with E-state index in [2.05, 4.69) is 23.3 Å². The van der Waals surface area contributed by atoms with Gasteiger partial charge < -0.3 is 10.2 Å². The molecule has 25 heavy (non-hydrogen) atoms. The van der Waals surface area contributed by atoms with Crippen LogP contribution < -0.4 is 10.2 Å². The summed E-state index contributed by atoms with van der Waals surface area (Å²) in [7, 11) is 0. The van der Waals surface area contributed by atoms with E-state index in [0.717, 1.165) is 24.1 Å². The van der Waals surface area contributed by atoms with Crippen molar-refractivity contribution < 1.29 is 9.59 Å². The van der Waals surface area contributed by atoms with Crippen molar-refractivity contribution in [3.63, 3.8) is 0 Å². The molecule has 0 bridgehead atoms. The van der Waals surface area contributed by atoms with E-state index < -0.39 is 0 Å². The number of anilines is 1. The molecular weight excluding hydrogens is 314 g/mol. The first kappa shape index (κ1) is 16.9. The van der Waals surface area contributed by atoms with E-state index in [0.29, 0.717) is 6.54 Å². The summed E-state index contributed by atoms with van der Waals surface area (Å²) in [5, 5.41) is 2.65. The zero-order chi connectivity index (χ0) is 17.6. The number of nitrogens with zero attached hydrogens (tertiary/aromatic N) is 2. The van der Waals surface area contributed by atoms with Gasteiger partial charge in [0.25, 0.3) is 0 Å². The van der Waals surface area contributed by atoms with Crippen LogP contribution in [0.4, 0.5) is 5.69 Å². The van der Waals surface area contributed by atoms with Crippen molar-refractivity contribution in [2.24, 2.45) is 0 Å². The molecule has 5 heteroatoms. The molecule has 1 aliphatic heterocycles. The normalized spacial score (nSPS) is 13.6. The van der Waals surface area contributed by atoms with Crippen LogP contribution in [0.2, 0.25) is 0 Å². The van der Waals surface area contributed by atoms with Crippen LogP contribution in [-0.2, 0) is 16.0 Å². The standard InChI is InChI=1S/C20H21N3O2/c1-15-6-8-18-17(12-15)5-3-11-23(18)20(25)14-22-19(24)9-7-16-4-2-10-21-13-16/h2,4,6-10,12-13H,3,5,11,14H2,1H3,(H,22,24)/b9-7+. The Kier molecular flexibility index (Phi) is 5.23. The number of carbonyl (C=O) groups excluding carboxylic acids is 2. The number of hydrogen-bond donors (Lipinski definition) is 1. The predicted octanol–water partition coefficient (Wildman–Crippen LogP) is 2.50. The molecule has 5 nitrogen and oxygen atoms in total. The van der Waals surface area contributed by atoms with E-state index in [9.17, 15) is 9.59 Å². The first-order valence-corrected chi connectivity index (χ1v) is 8.39. The monoisotopic (exact) mass is 335 g/mol. The van der Waals surface area contributed by atoms with Gasteiger partial charge in [0.2, 0.25) is 11.8 Å². The van der Waals surface area contributed by atoms with Gasteiger partial charge in [-0.3, -0.25) is 14.6 Å². The Morgan fingerprint density at radius 2 is 2.20 bits per heavy atom. The van der Waals surface area contributed by atoms with Crippen LogP contribution >= 0.6 is 0 Å². The van der Waals surface area contributed by atoms with Gasteiger partial charge >= 0.3 is 0 Å². The van der Waals surface area contributed by atoms with Gasteiger partial charge in [-0.15, -0.1) is 0 Å². The minimum atomic E-state index is -0.293. The third kappa shape index (κ3) is 4.32. The van der Waals surface area contributed by atoms with E-state index in [4.69, 9.17) is 0 Å². The fourth-order valence-corrected chi connectivity index (χ4v) is 2.95.